The molecule has 2 rings (SSSR count). The van der Waals surface area contributed by atoms with Gasteiger partial charge in [-0.25, -0.2) is 0 Å². The number of rotatable bonds is 5. The van der Waals surface area contributed by atoms with Crippen LogP contribution in [0, 0.1) is 17.8 Å². The van der Waals surface area contributed by atoms with E-state index >= 15 is 0 Å². The Labute approximate surface area is 117 Å². The fourth-order valence-electron chi connectivity index (χ4n) is 3.35. The van der Waals surface area contributed by atoms with E-state index in [1.807, 2.05) is 17.9 Å². The lowest BCUT2D eigenvalue weighted by molar-refractivity contribution is 0.181. The van der Waals surface area contributed by atoms with Gasteiger partial charge in [-0.3, -0.25) is 4.68 Å². The van der Waals surface area contributed by atoms with Crippen LogP contribution >= 0.6 is 0 Å². The Balaban J connectivity index is 1.95. The lowest BCUT2D eigenvalue weighted by Crippen LogP contribution is -2.36. The molecule has 3 unspecified atom stereocenters. The molecule has 1 fully saturated rings. The third-order valence-corrected chi connectivity index (χ3v) is 4.45. The Bertz CT molecular complexity index is 383. The summed E-state index contributed by atoms with van der Waals surface area (Å²) in [7, 11) is 2.00. The molecular weight excluding hydrogens is 234 g/mol. The van der Waals surface area contributed by atoms with E-state index in [2.05, 4.69) is 37.4 Å². The number of aryl methyl sites for hydroxylation is 1. The maximum Gasteiger partial charge on any atom is 0.0521 e. The van der Waals surface area contributed by atoms with E-state index in [0.29, 0.717) is 6.04 Å². The lowest BCUT2D eigenvalue weighted by atomic mass is 9.72. The Morgan fingerprint density at radius 1 is 1.37 bits per heavy atom. The Kier molecular flexibility index (Phi) is 5.03. The normalized spacial score (nSPS) is 27.9. The molecule has 1 saturated carbocycles. The minimum Gasteiger partial charge on any atom is -0.314 e. The second kappa shape index (κ2) is 6.56. The summed E-state index contributed by atoms with van der Waals surface area (Å²) in [5.74, 6) is 2.54. The van der Waals surface area contributed by atoms with E-state index in [9.17, 15) is 0 Å². The smallest absolute Gasteiger partial charge is 0.0521 e. The summed E-state index contributed by atoms with van der Waals surface area (Å²) in [5.41, 5.74) is 1.40. The summed E-state index contributed by atoms with van der Waals surface area (Å²) in [4.78, 5) is 0. The Morgan fingerprint density at radius 2 is 2.16 bits per heavy atom. The maximum atomic E-state index is 4.30. The first-order chi connectivity index (χ1) is 9.04. The summed E-state index contributed by atoms with van der Waals surface area (Å²) < 4.78 is 1.92. The predicted molar refractivity (Wildman–Crippen MR) is 80.0 cm³/mol. The number of hydrogen-bond donors (Lipinski definition) is 1. The third-order valence-electron chi connectivity index (χ3n) is 4.45. The average molecular weight is 263 g/mol. The van der Waals surface area contributed by atoms with Gasteiger partial charge in [-0.05, 0) is 49.1 Å². The molecule has 1 heterocycles. The molecule has 1 N–H and O–H groups in total. The van der Waals surface area contributed by atoms with Gasteiger partial charge in [-0.2, -0.15) is 5.10 Å². The van der Waals surface area contributed by atoms with Crippen molar-refractivity contribution in [1.82, 2.24) is 15.1 Å². The minimum absolute atomic E-state index is 0.596. The van der Waals surface area contributed by atoms with Gasteiger partial charge in [0.2, 0.25) is 0 Å². The molecule has 0 spiro atoms. The quantitative estimate of drug-likeness (QED) is 0.885. The molecule has 0 saturated heterocycles. The van der Waals surface area contributed by atoms with Crippen molar-refractivity contribution in [2.24, 2.45) is 24.8 Å². The zero-order valence-corrected chi connectivity index (χ0v) is 12.9. The van der Waals surface area contributed by atoms with Crippen LogP contribution in [0.15, 0.2) is 12.4 Å². The van der Waals surface area contributed by atoms with Crippen LogP contribution in [0.5, 0.6) is 0 Å². The first-order valence-electron chi connectivity index (χ1n) is 7.75. The molecule has 3 nitrogen and oxygen atoms in total. The van der Waals surface area contributed by atoms with Gasteiger partial charge in [0.1, 0.15) is 0 Å². The highest BCUT2D eigenvalue weighted by atomic mass is 15.2. The molecule has 1 aromatic heterocycles. The summed E-state index contributed by atoms with van der Waals surface area (Å²) in [6, 6.07) is 0.596. The molecular formula is C16H29N3. The van der Waals surface area contributed by atoms with E-state index in [4.69, 9.17) is 0 Å². The van der Waals surface area contributed by atoms with Crippen molar-refractivity contribution in [3.63, 3.8) is 0 Å². The van der Waals surface area contributed by atoms with E-state index in [1.54, 1.807) is 0 Å². The van der Waals surface area contributed by atoms with Crippen LogP contribution in [0.3, 0.4) is 0 Å². The van der Waals surface area contributed by atoms with Crippen molar-refractivity contribution in [3.05, 3.63) is 18.0 Å². The second-order valence-electron chi connectivity index (χ2n) is 6.73. The summed E-state index contributed by atoms with van der Waals surface area (Å²) in [6.07, 6.45) is 9.56. The monoisotopic (exact) mass is 263 g/mol. The third kappa shape index (κ3) is 4.34. The average Bonchev–Trinajstić information content (AvgIpc) is 2.73. The van der Waals surface area contributed by atoms with E-state index in [-0.39, 0.29) is 0 Å². The molecule has 0 radical (unpaired) electrons. The van der Waals surface area contributed by atoms with Gasteiger partial charge in [-0.15, -0.1) is 0 Å². The molecule has 108 valence electrons. The van der Waals surface area contributed by atoms with Gasteiger partial charge < -0.3 is 5.32 Å². The fourth-order valence-corrected chi connectivity index (χ4v) is 3.35. The molecule has 0 bridgehead atoms. The van der Waals surface area contributed by atoms with Crippen LogP contribution in [-0.2, 0) is 13.5 Å². The lowest BCUT2D eigenvalue weighted by Gasteiger charge is -2.35. The molecule has 1 aliphatic rings. The van der Waals surface area contributed by atoms with E-state index < -0.39 is 0 Å². The van der Waals surface area contributed by atoms with Crippen molar-refractivity contribution >= 4 is 0 Å². The van der Waals surface area contributed by atoms with E-state index in [0.717, 1.165) is 17.8 Å². The SMILES string of the molecule is CC1CCC(CNC(C)C)C(Cc2cnn(C)c2)C1. The molecule has 3 atom stereocenters. The zero-order chi connectivity index (χ0) is 13.8. The van der Waals surface area contributed by atoms with Crippen LogP contribution in [0.25, 0.3) is 0 Å². The van der Waals surface area contributed by atoms with Crippen LogP contribution < -0.4 is 5.32 Å². The molecule has 0 aliphatic heterocycles. The van der Waals surface area contributed by atoms with Crippen molar-refractivity contribution in [2.75, 3.05) is 6.54 Å². The van der Waals surface area contributed by atoms with Crippen molar-refractivity contribution in [1.29, 1.82) is 0 Å². The summed E-state index contributed by atoms with van der Waals surface area (Å²) in [5, 5.41) is 7.93. The van der Waals surface area contributed by atoms with Crippen molar-refractivity contribution in [3.8, 4) is 0 Å². The highest BCUT2D eigenvalue weighted by molar-refractivity contribution is 5.06. The molecule has 0 aromatic carbocycles. The van der Waals surface area contributed by atoms with Crippen LogP contribution in [0.2, 0.25) is 0 Å². The van der Waals surface area contributed by atoms with Gasteiger partial charge in [0.05, 0.1) is 6.20 Å². The summed E-state index contributed by atoms with van der Waals surface area (Å²) >= 11 is 0. The number of nitrogens with zero attached hydrogens (tertiary/aromatic N) is 2. The van der Waals surface area contributed by atoms with Crippen molar-refractivity contribution in [2.45, 2.75) is 52.5 Å². The molecule has 0 amide bonds. The first-order valence-corrected chi connectivity index (χ1v) is 7.75. The standard InChI is InChI=1S/C16H29N3/c1-12(2)17-10-15-6-5-13(3)7-16(15)8-14-9-18-19(4)11-14/h9,11-13,15-17H,5-8,10H2,1-4H3. The fraction of sp³-hybridized carbons (Fsp3) is 0.812. The second-order valence-corrected chi connectivity index (χ2v) is 6.73. The molecule has 1 aliphatic carbocycles. The van der Waals surface area contributed by atoms with Crippen LogP contribution in [0.4, 0.5) is 0 Å². The van der Waals surface area contributed by atoms with E-state index in [1.165, 1.54) is 37.8 Å². The summed E-state index contributed by atoms with van der Waals surface area (Å²) in [6.45, 7) is 8.06. The molecule has 19 heavy (non-hydrogen) atoms. The largest absolute Gasteiger partial charge is 0.314 e. The number of nitrogens with one attached hydrogen (secondary N) is 1. The van der Waals surface area contributed by atoms with Crippen molar-refractivity contribution < 1.29 is 0 Å². The van der Waals surface area contributed by atoms with Gasteiger partial charge >= 0.3 is 0 Å². The Morgan fingerprint density at radius 3 is 2.79 bits per heavy atom. The minimum atomic E-state index is 0.596. The first kappa shape index (κ1) is 14.6. The highest BCUT2D eigenvalue weighted by Crippen LogP contribution is 2.35. The van der Waals surface area contributed by atoms with Crippen LogP contribution in [0.1, 0.15) is 45.6 Å². The number of aromatic nitrogens is 2. The zero-order valence-electron chi connectivity index (χ0n) is 12.9. The molecule has 1 aromatic rings. The van der Waals surface area contributed by atoms with Gasteiger partial charge in [0.25, 0.3) is 0 Å². The number of hydrogen-bond acceptors (Lipinski definition) is 2. The van der Waals surface area contributed by atoms with Gasteiger partial charge in [-0.1, -0.05) is 27.2 Å². The van der Waals surface area contributed by atoms with Gasteiger partial charge in [0.15, 0.2) is 0 Å². The maximum absolute atomic E-state index is 4.30. The predicted octanol–water partition coefficient (Wildman–Crippen LogP) is 3.01. The Hall–Kier alpha value is -0.830. The molecule has 3 heteroatoms. The topological polar surface area (TPSA) is 29.9 Å². The van der Waals surface area contributed by atoms with Gasteiger partial charge in [0, 0.05) is 19.3 Å². The van der Waals surface area contributed by atoms with Crippen LogP contribution in [-0.4, -0.2) is 22.4 Å². The highest BCUT2D eigenvalue weighted by Gasteiger charge is 2.28.